The van der Waals surface area contributed by atoms with Crippen molar-refractivity contribution in [3.8, 4) is 17.4 Å². The number of aliphatic hydroxyl groups excluding tert-OH is 1. The normalized spacial score (nSPS) is 15.9. The summed E-state index contributed by atoms with van der Waals surface area (Å²) in [4.78, 5) is 6.53. The first kappa shape index (κ1) is 22.4. The number of anilines is 1. The number of benzene rings is 2. The van der Waals surface area contributed by atoms with Crippen LogP contribution in [0, 0.1) is 0 Å². The van der Waals surface area contributed by atoms with Crippen LogP contribution in [-0.4, -0.2) is 35.9 Å². The molecule has 0 unspecified atom stereocenters. The molecule has 1 fully saturated rings. The van der Waals surface area contributed by atoms with E-state index in [9.17, 15) is 5.11 Å². The fourth-order valence-electron chi connectivity index (χ4n) is 4.09. The molecule has 1 N–H and O–H groups in total. The van der Waals surface area contributed by atoms with Crippen molar-refractivity contribution in [1.82, 2.24) is 4.98 Å². The van der Waals surface area contributed by atoms with E-state index in [4.69, 9.17) is 21.1 Å². The summed E-state index contributed by atoms with van der Waals surface area (Å²) in [7, 11) is 0. The standard InChI is InChI=1S/C26H29ClN2O3/c1-18(2)22-6-3-4-8-25(22)31-20-9-10-24(19(16-20)12-15-30)29-14-11-21(17-29)32-26-23(27)7-5-13-28-26/h3-10,13,16,18,21,30H,11-12,14-15,17H2,1-2H3/t21-/m0/s1. The van der Waals surface area contributed by atoms with Gasteiger partial charge in [-0.05, 0) is 59.9 Å². The van der Waals surface area contributed by atoms with E-state index >= 15 is 0 Å². The van der Waals surface area contributed by atoms with Crippen LogP contribution in [0.2, 0.25) is 5.02 Å². The van der Waals surface area contributed by atoms with Gasteiger partial charge in [-0.1, -0.05) is 43.6 Å². The van der Waals surface area contributed by atoms with E-state index in [0.717, 1.165) is 42.3 Å². The molecule has 0 spiro atoms. The highest BCUT2D eigenvalue weighted by molar-refractivity contribution is 6.31. The number of aliphatic hydroxyl groups is 1. The summed E-state index contributed by atoms with van der Waals surface area (Å²) in [6.45, 7) is 6.00. The Hall–Kier alpha value is -2.76. The van der Waals surface area contributed by atoms with E-state index in [2.05, 4.69) is 35.9 Å². The lowest BCUT2D eigenvalue weighted by atomic mass is 10.0. The Morgan fingerprint density at radius 1 is 1.16 bits per heavy atom. The van der Waals surface area contributed by atoms with Crippen molar-refractivity contribution in [3.05, 3.63) is 76.9 Å². The third kappa shape index (κ3) is 5.17. The van der Waals surface area contributed by atoms with Gasteiger partial charge in [0.15, 0.2) is 0 Å². The Morgan fingerprint density at radius 2 is 2.00 bits per heavy atom. The lowest BCUT2D eigenvalue weighted by Gasteiger charge is -2.23. The molecule has 4 rings (SSSR count). The zero-order valence-corrected chi connectivity index (χ0v) is 19.3. The molecule has 0 bridgehead atoms. The minimum atomic E-state index is 0.0122. The third-order valence-electron chi connectivity index (χ3n) is 5.69. The van der Waals surface area contributed by atoms with Gasteiger partial charge in [0.2, 0.25) is 5.88 Å². The third-order valence-corrected chi connectivity index (χ3v) is 5.98. The monoisotopic (exact) mass is 452 g/mol. The first-order valence-electron chi connectivity index (χ1n) is 11.1. The van der Waals surface area contributed by atoms with Gasteiger partial charge >= 0.3 is 0 Å². The van der Waals surface area contributed by atoms with Crippen LogP contribution in [0.3, 0.4) is 0 Å². The summed E-state index contributed by atoms with van der Waals surface area (Å²) in [6, 6.07) is 17.8. The Labute approximate surface area is 194 Å². The van der Waals surface area contributed by atoms with Crippen LogP contribution in [0.1, 0.15) is 37.3 Å². The molecule has 5 nitrogen and oxygen atoms in total. The second-order valence-electron chi connectivity index (χ2n) is 8.32. The summed E-state index contributed by atoms with van der Waals surface area (Å²) in [5.41, 5.74) is 3.33. The van der Waals surface area contributed by atoms with Crippen LogP contribution in [-0.2, 0) is 6.42 Å². The lowest BCUT2D eigenvalue weighted by molar-refractivity contribution is 0.216. The fraction of sp³-hybridized carbons (Fsp3) is 0.346. The number of rotatable bonds is 8. The summed E-state index contributed by atoms with van der Waals surface area (Å²) >= 11 is 6.19. The topological polar surface area (TPSA) is 54.8 Å². The van der Waals surface area contributed by atoms with Crippen LogP contribution in [0.4, 0.5) is 5.69 Å². The molecule has 32 heavy (non-hydrogen) atoms. The van der Waals surface area contributed by atoms with Crippen molar-refractivity contribution < 1.29 is 14.6 Å². The van der Waals surface area contributed by atoms with Crippen molar-refractivity contribution in [2.75, 3.05) is 24.6 Å². The van der Waals surface area contributed by atoms with Gasteiger partial charge in [0, 0.05) is 31.5 Å². The highest BCUT2D eigenvalue weighted by Gasteiger charge is 2.27. The number of pyridine rings is 1. The van der Waals surface area contributed by atoms with Crippen molar-refractivity contribution >= 4 is 17.3 Å². The zero-order chi connectivity index (χ0) is 22.5. The van der Waals surface area contributed by atoms with Crippen molar-refractivity contribution in [1.29, 1.82) is 0 Å². The van der Waals surface area contributed by atoms with Gasteiger partial charge in [0.1, 0.15) is 22.6 Å². The Kier molecular flexibility index (Phi) is 7.18. The highest BCUT2D eigenvalue weighted by atomic mass is 35.5. The molecule has 0 amide bonds. The number of ether oxygens (including phenoxy) is 2. The van der Waals surface area contributed by atoms with Gasteiger partial charge in [-0.25, -0.2) is 4.98 Å². The maximum absolute atomic E-state index is 9.65. The van der Waals surface area contributed by atoms with Gasteiger partial charge in [-0.3, -0.25) is 0 Å². The summed E-state index contributed by atoms with van der Waals surface area (Å²) < 4.78 is 12.3. The molecule has 0 saturated carbocycles. The minimum absolute atomic E-state index is 0.0122. The van der Waals surface area contributed by atoms with Crippen LogP contribution >= 0.6 is 11.6 Å². The van der Waals surface area contributed by atoms with Gasteiger partial charge in [0.25, 0.3) is 0 Å². The van der Waals surface area contributed by atoms with Gasteiger partial charge in [-0.15, -0.1) is 0 Å². The molecule has 0 radical (unpaired) electrons. The first-order chi connectivity index (χ1) is 15.5. The predicted molar refractivity (Wildman–Crippen MR) is 128 cm³/mol. The quantitative estimate of drug-likeness (QED) is 0.465. The Balaban J connectivity index is 1.51. The maximum atomic E-state index is 9.65. The smallest absolute Gasteiger partial charge is 0.232 e. The molecule has 168 valence electrons. The molecule has 6 heteroatoms. The van der Waals surface area contributed by atoms with Crippen LogP contribution in [0.25, 0.3) is 0 Å². The molecule has 2 aromatic carbocycles. The second kappa shape index (κ2) is 10.2. The van der Waals surface area contributed by atoms with Gasteiger partial charge in [-0.2, -0.15) is 0 Å². The number of aromatic nitrogens is 1. The number of hydrogen-bond donors (Lipinski definition) is 1. The van der Waals surface area contributed by atoms with Crippen molar-refractivity contribution in [2.24, 2.45) is 0 Å². The molecule has 1 aromatic heterocycles. The summed E-state index contributed by atoms with van der Waals surface area (Å²) in [5.74, 6) is 2.49. The van der Waals surface area contributed by atoms with Crippen LogP contribution < -0.4 is 14.4 Å². The molecular formula is C26H29ClN2O3. The largest absolute Gasteiger partial charge is 0.471 e. The van der Waals surface area contributed by atoms with Crippen LogP contribution in [0.5, 0.6) is 17.4 Å². The molecule has 0 aliphatic carbocycles. The Bertz CT molecular complexity index is 1060. The van der Waals surface area contributed by atoms with E-state index < -0.39 is 0 Å². The molecule has 3 aromatic rings. The van der Waals surface area contributed by atoms with Gasteiger partial charge in [0.05, 0.1) is 6.54 Å². The van der Waals surface area contributed by atoms with Crippen molar-refractivity contribution in [2.45, 2.75) is 38.7 Å². The molecule has 1 aliphatic rings. The average molecular weight is 453 g/mol. The predicted octanol–water partition coefficient (Wildman–Crippen LogP) is 5.84. The van der Waals surface area contributed by atoms with Crippen molar-refractivity contribution in [3.63, 3.8) is 0 Å². The number of para-hydroxylation sites is 1. The molecular weight excluding hydrogens is 424 g/mol. The van der Waals surface area contributed by atoms with E-state index in [1.54, 1.807) is 18.3 Å². The highest BCUT2D eigenvalue weighted by Crippen LogP contribution is 2.34. The van der Waals surface area contributed by atoms with Gasteiger partial charge < -0.3 is 19.5 Å². The molecule has 1 aliphatic heterocycles. The summed E-state index contributed by atoms with van der Waals surface area (Å²) in [6.07, 6.45) is 3.14. The number of nitrogens with zero attached hydrogens (tertiary/aromatic N) is 2. The Morgan fingerprint density at radius 3 is 2.78 bits per heavy atom. The van der Waals surface area contributed by atoms with Crippen LogP contribution in [0.15, 0.2) is 60.8 Å². The van der Waals surface area contributed by atoms with E-state index in [1.807, 2.05) is 30.3 Å². The average Bonchev–Trinajstić information content (AvgIpc) is 3.24. The fourth-order valence-corrected chi connectivity index (χ4v) is 4.26. The maximum Gasteiger partial charge on any atom is 0.232 e. The molecule has 1 saturated heterocycles. The van der Waals surface area contributed by atoms with E-state index in [-0.39, 0.29) is 12.7 Å². The molecule has 1 atom stereocenters. The SMILES string of the molecule is CC(C)c1ccccc1Oc1ccc(N2CC[C@H](Oc3ncccc3Cl)C2)c(CCO)c1. The summed E-state index contributed by atoms with van der Waals surface area (Å²) in [5, 5.41) is 10.2. The van der Waals surface area contributed by atoms with E-state index in [0.29, 0.717) is 23.2 Å². The lowest BCUT2D eigenvalue weighted by Crippen LogP contribution is -2.25. The second-order valence-corrected chi connectivity index (χ2v) is 8.73. The van der Waals surface area contributed by atoms with E-state index in [1.165, 1.54) is 5.56 Å². The minimum Gasteiger partial charge on any atom is -0.471 e. The molecule has 2 heterocycles. The number of halogens is 1. The zero-order valence-electron chi connectivity index (χ0n) is 18.5. The number of hydrogen-bond acceptors (Lipinski definition) is 5. The first-order valence-corrected chi connectivity index (χ1v) is 11.5.